The summed E-state index contributed by atoms with van der Waals surface area (Å²) in [5.74, 6) is -2.73. The fourth-order valence-electron chi connectivity index (χ4n) is 2.03. The Morgan fingerprint density at radius 2 is 1.50 bits per heavy atom. The van der Waals surface area contributed by atoms with Gasteiger partial charge < -0.3 is 25.4 Å². The van der Waals surface area contributed by atoms with Gasteiger partial charge >= 0.3 is 11.9 Å². The van der Waals surface area contributed by atoms with Crippen LogP contribution in [0.4, 0.5) is 0 Å². The van der Waals surface area contributed by atoms with Crippen LogP contribution in [0.25, 0.3) is 11.1 Å². The molecule has 0 atom stereocenters. The van der Waals surface area contributed by atoms with E-state index in [1.165, 1.54) is 5.56 Å². The van der Waals surface area contributed by atoms with Crippen LogP contribution in [0.15, 0.2) is 54.6 Å². The van der Waals surface area contributed by atoms with E-state index in [0.717, 1.165) is 24.3 Å². The van der Waals surface area contributed by atoms with Crippen LogP contribution in [0.2, 0.25) is 0 Å². The maximum absolute atomic E-state index is 9.10. The van der Waals surface area contributed by atoms with Gasteiger partial charge in [-0.25, -0.2) is 9.59 Å². The number of nitrogens with one attached hydrogen (secondary N) is 1. The van der Waals surface area contributed by atoms with Crippen molar-refractivity contribution in [2.24, 2.45) is 0 Å². The Bertz CT molecular complexity index is 663. The number of hydrogen-bond donors (Lipinski definition) is 4. The zero-order chi connectivity index (χ0) is 19.2. The van der Waals surface area contributed by atoms with Crippen LogP contribution in [0.1, 0.15) is 6.42 Å². The summed E-state index contributed by atoms with van der Waals surface area (Å²) in [6.45, 7) is 2.34. The number of aliphatic hydroxyl groups is 1. The van der Waals surface area contributed by atoms with Crippen LogP contribution in [-0.4, -0.2) is 53.6 Å². The Hall–Kier alpha value is -2.90. The third kappa shape index (κ3) is 8.27. The Balaban J connectivity index is 0.000000487. The summed E-state index contributed by atoms with van der Waals surface area (Å²) in [6, 6.07) is 18.4. The predicted octanol–water partition coefficient (Wildman–Crippen LogP) is 1.86. The second kappa shape index (κ2) is 12.5. The lowest BCUT2D eigenvalue weighted by atomic mass is 10.1. The number of carbonyl (C=O) groups is 2. The minimum Gasteiger partial charge on any atom is -0.493 e. The van der Waals surface area contributed by atoms with Gasteiger partial charge in [-0.15, -0.1) is 0 Å². The first-order valence-corrected chi connectivity index (χ1v) is 8.11. The SMILES string of the molecule is O=C(O)C(=O)O.OCCNCCCOc1ccccc1-c1ccccc1. The van der Waals surface area contributed by atoms with Gasteiger partial charge in [0.25, 0.3) is 0 Å². The molecule has 0 aliphatic rings. The van der Waals surface area contributed by atoms with E-state index in [1.807, 2.05) is 36.4 Å². The maximum atomic E-state index is 9.10. The van der Waals surface area contributed by atoms with Crippen LogP contribution in [0, 0.1) is 0 Å². The second-order valence-corrected chi connectivity index (χ2v) is 5.15. The average molecular weight is 361 g/mol. The molecule has 0 aromatic heterocycles. The lowest BCUT2D eigenvalue weighted by molar-refractivity contribution is -0.159. The normalized spacial score (nSPS) is 9.73. The van der Waals surface area contributed by atoms with Crippen molar-refractivity contribution in [3.63, 3.8) is 0 Å². The summed E-state index contributed by atoms with van der Waals surface area (Å²) >= 11 is 0. The number of para-hydroxylation sites is 1. The molecule has 26 heavy (non-hydrogen) atoms. The summed E-state index contributed by atoms with van der Waals surface area (Å²) in [6.07, 6.45) is 0.920. The monoisotopic (exact) mass is 361 g/mol. The standard InChI is InChI=1S/C17H21NO2.C2H2O4/c19-13-12-18-11-6-14-20-17-10-5-4-9-16(17)15-7-2-1-3-8-15;3-1(4)2(5)6/h1-5,7-10,18-19H,6,11-14H2;(H,3,4)(H,5,6). The van der Waals surface area contributed by atoms with Gasteiger partial charge in [0.05, 0.1) is 13.2 Å². The van der Waals surface area contributed by atoms with Gasteiger partial charge in [-0.05, 0) is 24.6 Å². The average Bonchev–Trinajstić information content (AvgIpc) is 2.66. The first kappa shape index (κ1) is 21.1. The highest BCUT2D eigenvalue weighted by atomic mass is 16.5. The molecule has 0 aliphatic carbocycles. The molecule has 0 aliphatic heterocycles. The summed E-state index contributed by atoms with van der Waals surface area (Å²) < 4.78 is 5.87. The molecule has 2 rings (SSSR count). The Morgan fingerprint density at radius 1 is 0.885 bits per heavy atom. The van der Waals surface area contributed by atoms with E-state index < -0.39 is 11.9 Å². The van der Waals surface area contributed by atoms with E-state index >= 15 is 0 Å². The van der Waals surface area contributed by atoms with Gasteiger partial charge in [0.2, 0.25) is 0 Å². The fourth-order valence-corrected chi connectivity index (χ4v) is 2.03. The molecule has 0 radical (unpaired) electrons. The molecule has 7 heteroatoms. The minimum absolute atomic E-state index is 0.178. The number of benzene rings is 2. The highest BCUT2D eigenvalue weighted by Gasteiger charge is 2.05. The number of rotatable bonds is 8. The molecular formula is C19H23NO6. The lowest BCUT2D eigenvalue weighted by Crippen LogP contribution is -2.20. The van der Waals surface area contributed by atoms with Crippen LogP contribution in [0.5, 0.6) is 5.75 Å². The third-order valence-electron chi connectivity index (χ3n) is 3.20. The minimum atomic E-state index is -1.82. The quantitative estimate of drug-likeness (QED) is 0.419. The molecule has 7 nitrogen and oxygen atoms in total. The van der Waals surface area contributed by atoms with Gasteiger partial charge in [-0.1, -0.05) is 48.5 Å². The van der Waals surface area contributed by atoms with Crippen molar-refractivity contribution in [2.75, 3.05) is 26.3 Å². The number of aliphatic carboxylic acids is 2. The topological polar surface area (TPSA) is 116 Å². The van der Waals surface area contributed by atoms with E-state index in [0.29, 0.717) is 13.2 Å². The molecule has 2 aromatic carbocycles. The Kier molecular flexibility index (Phi) is 10.1. The third-order valence-corrected chi connectivity index (χ3v) is 3.20. The molecule has 0 heterocycles. The highest BCUT2D eigenvalue weighted by molar-refractivity contribution is 6.27. The van der Waals surface area contributed by atoms with Crippen LogP contribution in [0.3, 0.4) is 0 Å². The first-order valence-electron chi connectivity index (χ1n) is 8.11. The summed E-state index contributed by atoms with van der Waals surface area (Å²) in [5.41, 5.74) is 2.29. The molecule has 0 fully saturated rings. The number of aliphatic hydroxyl groups excluding tert-OH is 1. The largest absolute Gasteiger partial charge is 0.493 e. The molecule has 0 spiro atoms. The number of carboxylic acids is 2. The highest BCUT2D eigenvalue weighted by Crippen LogP contribution is 2.29. The van der Waals surface area contributed by atoms with Crippen LogP contribution in [-0.2, 0) is 9.59 Å². The van der Waals surface area contributed by atoms with E-state index in [2.05, 4.69) is 23.5 Å². The summed E-state index contributed by atoms with van der Waals surface area (Å²) in [5, 5.41) is 26.6. The molecule has 0 bridgehead atoms. The smallest absolute Gasteiger partial charge is 0.414 e. The first-order chi connectivity index (χ1) is 12.6. The molecular weight excluding hydrogens is 338 g/mol. The van der Waals surface area contributed by atoms with Gasteiger partial charge in [-0.2, -0.15) is 0 Å². The zero-order valence-corrected chi connectivity index (χ0v) is 14.3. The van der Waals surface area contributed by atoms with E-state index in [4.69, 9.17) is 29.6 Å². The van der Waals surface area contributed by atoms with Crippen molar-refractivity contribution in [3.05, 3.63) is 54.6 Å². The van der Waals surface area contributed by atoms with E-state index in [9.17, 15) is 0 Å². The second-order valence-electron chi connectivity index (χ2n) is 5.15. The Morgan fingerprint density at radius 3 is 2.12 bits per heavy atom. The van der Waals surface area contributed by atoms with Gasteiger partial charge in [0.15, 0.2) is 0 Å². The van der Waals surface area contributed by atoms with Crippen molar-refractivity contribution in [1.29, 1.82) is 0 Å². The van der Waals surface area contributed by atoms with Gasteiger partial charge in [0.1, 0.15) is 5.75 Å². The van der Waals surface area contributed by atoms with Crippen molar-refractivity contribution in [2.45, 2.75) is 6.42 Å². The van der Waals surface area contributed by atoms with Crippen LogP contribution >= 0.6 is 0 Å². The lowest BCUT2D eigenvalue weighted by Gasteiger charge is -2.11. The molecule has 0 saturated heterocycles. The molecule has 140 valence electrons. The molecule has 2 aromatic rings. The number of hydrogen-bond acceptors (Lipinski definition) is 5. The number of carboxylic acid groups (broad SMARTS) is 2. The van der Waals surface area contributed by atoms with Gasteiger partial charge in [-0.3, -0.25) is 0 Å². The molecule has 0 unspecified atom stereocenters. The van der Waals surface area contributed by atoms with E-state index in [1.54, 1.807) is 0 Å². The Labute approximate surface area is 151 Å². The van der Waals surface area contributed by atoms with Crippen molar-refractivity contribution in [3.8, 4) is 16.9 Å². The molecule has 4 N–H and O–H groups in total. The van der Waals surface area contributed by atoms with Crippen molar-refractivity contribution in [1.82, 2.24) is 5.32 Å². The zero-order valence-electron chi connectivity index (χ0n) is 14.3. The van der Waals surface area contributed by atoms with E-state index in [-0.39, 0.29) is 6.61 Å². The molecule has 0 saturated carbocycles. The fraction of sp³-hybridized carbons (Fsp3) is 0.263. The molecule has 0 amide bonds. The maximum Gasteiger partial charge on any atom is 0.414 e. The predicted molar refractivity (Wildman–Crippen MR) is 97.2 cm³/mol. The van der Waals surface area contributed by atoms with Crippen molar-refractivity contribution < 1.29 is 29.6 Å². The summed E-state index contributed by atoms with van der Waals surface area (Å²) in [4.78, 5) is 18.2. The summed E-state index contributed by atoms with van der Waals surface area (Å²) in [7, 11) is 0. The van der Waals surface area contributed by atoms with Gasteiger partial charge in [0, 0.05) is 12.1 Å². The van der Waals surface area contributed by atoms with Crippen LogP contribution < -0.4 is 10.1 Å². The number of ether oxygens (including phenoxy) is 1. The van der Waals surface area contributed by atoms with Crippen molar-refractivity contribution >= 4 is 11.9 Å².